The van der Waals surface area contributed by atoms with Gasteiger partial charge in [-0.15, -0.1) is 0 Å². The van der Waals surface area contributed by atoms with Gasteiger partial charge >= 0.3 is 6.09 Å². The summed E-state index contributed by atoms with van der Waals surface area (Å²) in [6, 6.07) is 0. The Kier molecular flexibility index (Phi) is 3.75. The largest absolute Gasteiger partial charge is 0.448 e. The summed E-state index contributed by atoms with van der Waals surface area (Å²) in [5, 5.41) is 3.32. The van der Waals surface area contributed by atoms with Crippen LogP contribution in [0.3, 0.4) is 0 Å². The first kappa shape index (κ1) is 11.3. The average Bonchev–Trinajstić information content (AvgIpc) is 2.44. The maximum atomic E-state index is 11.0. The summed E-state index contributed by atoms with van der Waals surface area (Å²) in [5.41, 5.74) is 0.297. The molecular weight excluding hydrogens is 180 g/mol. The zero-order valence-corrected chi connectivity index (χ0v) is 9.30. The van der Waals surface area contributed by atoms with Crippen LogP contribution in [-0.4, -0.2) is 43.8 Å². The molecule has 1 aliphatic heterocycles. The summed E-state index contributed by atoms with van der Waals surface area (Å²) in [7, 11) is 0. The van der Waals surface area contributed by atoms with E-state index >= 15 is 0 Å². The van der Waals surface area contributed by atoms with E-state index in [9.17, 15) is 4.79 Å². The van der Waals surface area contributed by atoms with Crippen LogP contribution in [0.15, 0.2) is 0 Å². The summed E-state index contributed by atoms with van der Waals surface area (Å²) in [6.07, 6.45) is -0.178. The molecule has 0 atom stereocenters. The summed E-state index contributed by atoms with van der Waals surface area (Å²) >= 11 is 0. The first-order chi connectivity index (χ1) is 6.49. The number of hydrogen-bond acceptors (Lipinski definition) is 3. The Morgan fingerprint density at radius 3 is 2.71 bits per heavy atom. The van der Waals surface area contributed by atoms with Gasteiger partial charge in [-0.05, 0) is 5.41 Å². The molecule has 82 valence electrons. The van der Waals surface area contributed by atoms with Crippen molar-refractivity contribution in [1.29, 1.82) is 0 Å². The Balaban J connectivity index is 2.07. The summed E-state index contributed by atoms with van der Waals surface area (Å²) in [6.45, 7) is 10.4. The average molecular weight is 200 g/mol. The van der Waals surface area contributed by atoms with Gasteiger partial charge in [0.1, 0.15) is 6.61 Å². The zero-order chi connectivity index (χ0) is 10.6. The third-order valence-corrected chi connectivity index (χ3v) is 2.06. The number of amides is 1. The molecule has 0 unspecified atom stereocenters. The Morgan fingerprint density at radius 1 is 1.50 bits per heavy atom. The van der Waals surface area contributed by atoms with Gasteiger partial charge < -0.3 is 15.0 Å². The Morgan fingerprint density at radius 2 is 2.21 bits per heavy atom. The first-order valence-electron chi connectivity index (χ1n) is 5.11. The molecule has 1 N–H and O–H groups in total. The Labute approximate surface area is 85.6 Å². The molecule has 1 fully saturated rings. The lowest BCUT2D eigenvalue weighted by Crippen LogP contribution is -2.35. The maximum Gasteiger partial charge on any atom is 0.409 e. The van der Waals surface area contributed by atoms with E-state index in [1.54, 1.807) is 4.90 Å². The quantitative estimate of drug-likeness (QED) is 0.690. The van der Waals surface area contributed by atoms with Crippen molar-refractivity contribution in [3.63, 3.8) is 0 Å². The van der Waals surface area contributed by atoms with Crippen molar-refractivity contribution >= 4 is 6.09 Å². The zero-order valence-electron chi connectivity index (χ0n) is 9.30. The van der Waals surface area contributed by atoms with Crippen LogP contribution in [0.4, 0.5) is 4.79 Å². The van der Waals surface area contributed by atoms with E-state index in [1.807, 2.05) is 0 Å². The minimum Gasteiger partial charge on any atom is -0.448 e. The molecule has 0 aromatic rings. The molecule has 1 saturated heterocycles. The maximum absolute atomic E-state index is 11.0. The summed E-state index contributed by atoms with van der Waals surface area (Å²) in [5.74, 6) is 0. The topological polar surface area (TPSA) is 41.6 Å². The van der Waals surface area contributed by atoms with Gasteiger partial charge in [-0.1, -0.05) is 20.8 Å². The second kappa shape index (κ2) is 4.64. The molecule has 0 aliphatic carbocycles. The van der Waals surface area contributed by atoms with Crippen LogP contribution < -0.4 is 5.32 Å². The monoisotopic (exact) mass is 200 g/mol. The molecule has 0 radical (unpaired) electrons. The second-order valence-corrected chi connectivity index (χ2v) is 4.84. The van der Waals surface area contributed by atoms with E-state index < -0.39 is 0 Å². The van der Waals surface area contributed by atoms with Gasteiger partial charge in [0.25, 0.3) is 0 Å². The standard InChI is InChI=1S/C10H20N2O2/c1-10(2,3)8-11-4-5-12-6-7-14-9(12)13/h11H,4-8H2,1-3H3. The van der Waals surface area contributed by atoms with Gasteiger partial charge in [0.15, 0.2) is 0 Å². The van der Waals surface area contributed by atoms with Crippen LogP contribution in [0.25, 0.3) is 0 Å². The van der Waals surface area contributed by atoms with E-state index in [-0.39, 0.29) is 6.09 Å². The van der Waals surface area contributed by atoms with E-state index in [1.165, 1.54) is 0 Å². The predicted octanol–water partition coefficient (Wildman–Crippen LogP) is 1.07. The third kappa shape index (κ3) is 3.96. The fourth-order valence-corrected chi connectivity index (χ4v) is 1.31. The van der Waals surface area contributed by atoms with Crippen LogP contribution in [0.2, 0.25) is 0 Å². The lowest BCUT2D eigenvalue weighted by molar-refractivity contribution is 0.158. The number of hydrogen-bond donors (Lipinski definition) is 1. The highest BCUT2D eigenvalue weighted by Crippen LogP contribution is 2.10. The van der Waals surface area contributed by atoms with Crippen LogP contribution in [0.1, 0.15) is 20.8 Å². The highest BCUT2D eigenvalue weighted by molar-refractivity contribution is 5.69. The molecule has 0 spiro atoms. The molecule has 14 heavy (non-hydrogen) atoms. The lowest BCUT2D eigenvalue weighted by Gasteiger charge is -2.20. The van der Waals surface area contributed by atoms with Crippen LogP contribution in [0, 0.1) is 5.41 Å². The van der Waals surface area contributed by atoms with Crippen LogP contribution in [-0.2, 0) is 4.74 Å². The van der Waals surface area contributed by atoms with Crippen molar-refractivity contribution in [3.8, 4) is 0 Å². The number of carbonyl (C=O) groups is 1. The highest BCUT2D eigenvalue weighted by Gasteiger charge is 2.20. The molecule has 0 saturated carbocycles. The smallest absolute Gasteiger partial charge is 0.409 e. The number of carbonyl (C=O) groups excluding carboxylic acids is 1. The molecule has 1 heterocycles. The van der Waals surface area contributed by atoms with E-state index in [0.717, 1.165) is 26.2 Å². The van der Waals surface area contributed by atoms with Crippen molar-refractivity contribution in [2.24, 2.45) is 5.41 Å². The first-order valence-corrected chi connectivity index (χ1v) is 5.11. The molecule has 1 amide bonds. The van der Waals surface area contributed by atoms with Gasteiger partial charge in [-0.3, -0.25) is 0 Å². The fraction of sp³-hybridized carbons (Fsp3) is 0.900. The Hall–Kier alpha value is -0.770. The van der Waals surface area contributed by atoms with Crippen molar-refractivity contribution in [2.75, 3.05) is 32.8 Å². The van der Waals surface area contributed by atoms with Gasteiger partial charge in [-0.2, -0.15) is 0 Å². The van der Waals surface area contributed by atoms with Crippen molar-refractivity contribution in [3.05, 3.63) is 0 Å². The minimum absolute atomic E-state index is 0.178. The van der Waals surface area contributed by atoms with Gasteiger partial charge in [-0.25, -0.2) is 4.79 Å². The number of ether oxygens (including phenoxy) is 1. The number of rotatable bonds is 4. The molecule has 1 rings (SSSR count). The third-order valence-electron chi connectivity index (χ3n) is 2.06. The highest BCUT2D eigenvalue weighted by atomic mass is 16.6. The molecule has 0 aromatic heterocycles. The number of cyclic esters (lactones) is 1. The van der Waals surface area contributed by atoms with E-state index in [2.05, 4.69) is 26.1 Å². The van der Waals surface area contributed by atoms with Crippen molar-refractivity contribution in [2.45, 2.75) is 20.8 Å². The molecular formula is C10H20N2O2. The SMILES string of the molecule is CC(C)(C)CNCCN1CCOC1=O. The molecule has 0 aromatic carbocycles. The normalized spacial score (nSPS) is 17.4. The van der Waals surface area contributed by atoms with Gasteiger partial charge in [0.05, 0.1) is 6.54 Å². The van der Waals surface area contributed by atoms with Crippen molar-refractivity contribution < 1.29 is 9.53 Å². The predicted molar refractivity (Wildman–Crippen MR) is 55.2 cm³/mol. The van der Waals surface area contributed by atoms with Gasteiger partial charge in [0.2, 0.25) is 0 Å². The summed E-state index contributed by atoms with van der Waals surface area (Å²) in [4.78, 5) is 12.8. The van der Waals surface area contributed by atoms with E-state index in [0.29, 0.717) is 12.0 Å². The fourth-order valence-electron chi connectivity index (χ4n) is 1.31. The summed E-state index contributed by atoms with van der Waals surface area (Å²) < 4.78 is 4.82. The molecule has 4 nitrogen and oxygen atoms in total. The minimum atomic E-state index is -0.178. The number of nitrogens with zero attached hydrogens (tertiary/aromatic N) is 1. The Bertz CT molecular complexity index is 199. The van der Waals surface area contributed by atoms with E-state index in [4.69, 9.17) is 4.74 Å². The molecule has 1 aliphatic rings. The molecule has 4 heteroatoms. The van der Waals surface area contributed by atoms with Crippen LogP contribution >= 0.6 is 0 Å². The molecule has 0 bridgehead atoms. The second-order valence-electron chi connectivity index (χ2n) is 4.84. The van der Waals surface area contributed by atoms with Crippen molar-refractivity contribution in [1.82, 2.24) is 10.2 Å². The number of nitrogens with one attached hydrogen (secondary N) is 1. The lowest BCUT2D eigenvalue weighted by atomic mass is 9.97. The van der Waals surface area contributed by atoms with Gasteiger partial charge in [0, 0.05) is 19.6 Å². The van der Waals surface area contributed by atoms with Crippen LogP contribution in [0.5, 0.6) is 0 Å².